The van der Waals surface area contributed by atoms with E-state index in [0.717, 1.165) is 35.6 Å². The van der Waals surface area contributed by atoms with Gasteiger partial charge in [0.2, 0.25) is 5.91 Å². The van der Waals surface area contributed by atoms with E-state index in [9.17, 15) is 4.79 Å². The van der Waals surface area contributed by atoms with E-state index in [4.69, 9.17) is 4.42 Å². The minimum atomic E-state index is -0.472. The molecule has 1 saturated carbocycles. The van der Waals surface area contributed by atoms with Gasteiger partial charge in [-0.25, -0.2) is 4.98 Å². The maximum Gasteiger partial charge on any atom is 0.322 e. The molecule has 0 radical (unpaired) electrons. The molecule has 0 saturated heterocycles. The second-order valence-electron chi connectivity index (χ2n) is 5.88. The second-order valence-corrected chi connectivity index (χ2v) is 7.89. The maximum atomic E-state index is 12.9. The van der Waals surface area contributed by atoms with Gasteiger partial charge in [0.1, 0.15) is 5.69 Å². The number of hydrogen-bond donors (Lipinski definition) is 1. The fourth-order valence-corrected chi connectivity index (χ4v) is 4.74. The SMILES string of the molecule is Cc1nc(-c2nnc(NC(=O)C3(c4cccs4)CCCC3)o2)cs1. The normalized spacial score (nSPS) is 16.4. The lowest BCUT2D eigenvalue weighted by Crippen LogP contribution is -2.37. The van der Waals surface area contributed by atoms with Gasteiger partial charge < -0.3 is 4.42 Å². The van der Waals surface area contributed by atoms with Crippen LogP contribution in [-0.4, -0.2) is 21.1 Å². The molecule has 0 atom stereocenters. The zero-order chi connectivity index (χ0) is 16.6. The first-order valence-corrected chi connectivity index (χ1v) is 9.55. The highest BCUT2D eigenvalue weighted by atomic mass is 32.1. The lowest BCUT2D eigenvalue weighted by Gasteiger charge is -2.25. The Hall–Kier alpha value is -2.06. The molecule has 124 valence electrons. The highest BCUT2D eigenvalue weighted by Gasteiger charge is 2.44. The van der Waals surface area contributed by atoms with Gasteiger partial charge in [0, 0.05) is 10.3 Å². The van der Waals surface area contributed by atoms with E-state index in [0.29, 0.717) is 11.6 Å². The molecule has 8 heteroatoms. The first kappa shape index (κ1) is 15.5. The number of aryl methyl sites for hydroxylation is 1. The maximum absolute atomic E-state index is 12.9. The van der Waals surface area contributed by atoms with Crippen LogP contribution < -0.4 is 5.32 Å². The quantitative estimate of drug-likeness (QED) is 0.760. The van der Waals surface area contributed by atoms with Crippen LogP contribution in [0.15, 0.2) is 27.3 Å². The highest BCUT2D eigenvalue weighted by Crippen LogP contribution is 2.43. The number of anilines is 1. The third kappa shape index (κ3) is 2.65. The molecule has 0 bridgehead atoms. The van der Waals surface area contributed by atoms with Crippen molar-refractivity contribution in [3.05, 3.63) is 32.8 Å². The number of nitrogens with one attached hydrogen (secondary N) is 1. The van der Waals surface area contributed by atoms with Crippen molar-refractivity contribution in [1.29, 1.82) is 0 Å². The van der Waals surface area contributed by atoms with Crippen molar-refractivity contribution in [2.75, 3.05) is 5.32 Å². The van der Waals surface area contributed by atoms with Gasteiger partial charge in [0.25, 0.3) is 5.89 Å². The molecular weight excluding hydrogens is 344 g/mol. The molecule has 0 unspecified atom stereocenters. The lowest BCUT2D eigenvalue weighted by atomic mass is 9.83. The minimum absolute atomic E-state index is 0.0629. The summed E-state index contributed by atoms with van der Waals surface area (Å²) >= 11 is 3.14. The number of carbonyl (C=O) groups excluding carboxylic acids is 1. The van der Waals surface area contributed by atoms with Gasteiger partial charge in [-0.15, -0.1) is 27.8 Å². The Labute approximate surface area is 147 Å². The van der Waals surface area contributed by atoms with Crippen molar-refractivity contribution >= 4 is 34.6 Å². The van der Waals surface area contributed by atoms with Crippen LogP contribution in [-0.2, 0) is 10.2 Å². The number of rotatable bonds is 4. The number of amides is 1. The Bertz CT molecular complexity index is 847. The Morgan fingerprint density at radius 3 is 2.79 bits per heavy atom. The van der Waals surface area contributed by atoms with E-state index < -0.39 is 5.41 Å². The summed E-state index contributed by atoms with van der Waals surface area (Å²) < 4.78 is 5.57. The molecule has 1 amide bonds. The summed E-state index contributed by atoms with van der Waals surface area (Å²) in [6.45, 7) is 1.91. The van der Waals surface area contributed by atoms with Crippen LogP contribution in [0.5, 0.6) is 0 Å². The Morgan fingerprint density at radius 2 is 2.12 bits per heavy atom. The van der Waals surface area contributed by atoms with Crippen LogP contribution in [0.2, 0.25) is 0 Å². The molecule has 0 aromatic carbocycles. The summed E-state index contributed by atoms with van der Waals surface area (Å²) in [5, 5.41) is 15.5. The van der Waals surface area contributed by atoms with Gasteiger partial charge in [-0.2, -0.15) is 0 Å². The average Bonchev–Trinajstić information content (AvgIpc) is 3.34. The fraction of sp³-hybridized carbons (Fsp3) is 0.375. The van der Waals surface area contributed by atoms with E-state index in [1.165, 1.54) is 11.3 Å². The van der Waals surface area contributed by atoms with Crippen LogP contribution in [0.3, 0.4) is 0 Å². The summed E-state index contributed by atoms with van der Waals surface area (Å²) in [6, 6.07) is 4.15. The van der Waals surface area contributed by atoms with Crippen LogP contribution >= 0.6 is 22.7 Å². The number of aromatic nitrogens is 3. The molecule has 1 aliphatic rings. The molecule has 24 heavy (non-hydrogen) atoms. The van der Waals surface area contributed by atoms with E-state index in [2.05, 4.69) is 20.5 Å². The monoisotopic (exact) mass is 360 g/mol. The van der Waals surface area contributed by atoms with Gasteiger partial charge in [0.15, 0.2) is 0 Å². The van der Waals surface area contributed by atoms with E-state index >= 15 is 0 Å². The third-order valence-corrected chi connectivity index (χ3v) is 6.22. The van der Waals surface area contributed by atoms with Crippen LogP contribution in [0, 0.1) is 6.92 Å². The standard InChI is InChI=1S/C16H16N4O2S2/c1-10-17-11(9-24-10)13-19-20-15(22-13)18-14(21)16(6-2-3-7-16)12-5-4-8-23-12/h4-5,8-9H,2-3,6-7H2,1H3,(H,18,20,21). The Morgan fingerprint density at radius 1 is 1.29 bits per heavy atom. The molecule has 1 aliphatic carbocycles. The summed E-state index contributed by atoms with van der Waals surface area (Å²) in [4.78, 5) is 18.4. The molecular formula is C16H16N4O2S2. The molecule has 4 rings (SSSR count). The number of carbonyl (C=O) groups is 1. The number of thiophene rings is 1. The summed E-state index contributed by atoms with van der Waals surface area (Å²) in [5.41, 5.74) is 0.166. The fourth-order valence-electron chi connectivity index (χ4n) is 3.17. The molecule has 0 spiro atoms. The van der Waals surface area contributed by atoms with Gasteiger partial charge >= 0.3 is 6.01 Å². The first-order chi connectivity index (χ1) is 11.7. The van der Waals surface area contributed by atoms with Crippen molar-refractivity contribution in [2.45, 2.75) is 38.0 Å². The van der Waals surface area contributed by atoms with Crippen molar-refractivity contribution in [1.82, 2.24) is 15.2 Å². The third-order valence-electron chi connectivity index (χ3n) is 4.37. The average molecular weight is 360 g/mol. The Kier molecular flexibility index (Phi) is 3.93. The number of nitrogens with zero attached hydrogens (tertiary/aromatic N) is 3. The van der Waals surface area contributed by atoms with Crippen LogP contribution in [0.1, 0.15) is 35.6 Å². The minimum Gasteiger partial charge on any atom is -0.401 e. The van der Waals surface area contributed by atoms with Crippen LogP contribution in [0.25, 0.3) is 11.6 Å². The zero-order valence-corrected chi connectivity index (χ0v) is 14.7. The predicted molar refractivity (Wildman–Crippen MR) is 93.2 cm³/mol. The van der Waals surface area contributed by atoms with E-state index in [1.807, 2.05) is 29.8 Å². The summed E-state index contributed by atoms with van der Waals surface area (Å²) in [7, 11) is 0. The zero-order valence-electron chi connectivity index (χ0n) is 13.1. The van der Waals surface area contributed by atoms with Crippen molar-refractivity contribution in [3.8, 4) is 11.6 Å². The first-order valence-electron chi connectivity index (χ1n) is 7.79. The van der Waals surface area contributed by atoms with Crippen LogP contribution in [0.4, 0.5) is 6.01 Å². The van der Waals surface area contributed by atoms with Crippen molar-refractivity contribution in [3.63, 3.8) is 0 Å². The topological polar surface area (TPSA) is 80.9 Å². The summed E-state index contributed by atoms with van der Waals surface area (Å²) in [6.07, 6.45) is 3.81. The van der Waals surface area contributed by atoms with Gasteiger partial charge in [-0.1, -0.05) is 24.0 Å². The van der Waals surface area contributed by atoms with Gasteiger partial charge in [-0.05, 0) is 31.2 Å². The molecule has 3 heterocycles. The molecule has 1 N–H and O–H groups in total. The number of thiazole rings is 1. The number of hydrogen-bond acceptors (Lipinski definition) is 7. The molecule has 1 fully saturated rings. The molecule has 3 aromatic rings. The molecule has 6 nitrogen and oxygen atoms in total. The Balaban J connectivity index is 1.56. The second kappa shape index (κ2) is 6.10. The highest BCUT2D eigenvalue weighted by molar-refractivity contribution is 7.10. The summed E-state index contributed by atoms with van der Waals surface area (Å²) in [5.74, 6) is 0.262. The predicted octanol–water partition coefficient (Wildman–Crippen LogP) is 4.01. The molecule has 0 aliphatic heterocycles. The van der Waals surface area contributed by atoms with Gasteiger partial charge in [0.05, 0.1) is 10.4 Å². The van der Waals surface area contributed by atoms with E-state index in [1.54, 1.807) is 11.3 Å². The van der Waals surface area contributed by atoms with Gasteiger partial charge in [-0.3, -0.25) is 10.1 Å². The van der Waals surface area contributed by atoms with Crippen molar-refractivity contribution in [2.24, 2.45) is 0 Å². The lowest BCUT2D eigenvalue weighted by molar-refractivity contribution is -0.121. The molecule has 3 aromatic heterocycles. The van der Waals surface area contributed by atoms with Crippen molar-refractivity contribution < 1.29 is 9.21 Å². The smallest absolute Gasteiger partial charge is 0.322 e. The van der Waals surface area contributed by atoms with E-state index in [-0.39, 0.29) is 11.9 Å². The largest absolute Gasteiger partial charge is 0.401 e.